The fourth-order valence-electron chi connectivity index (χ4n) is 0.831. The first-order chi connectivity index (χ1) is 4.22. The summed E-state index contributed by atoms with van der Waals surface area (Å²) in [7, 11) is 0. The zero-order valence-corrected chi connectivity index (χ0v) is 5.13. The summed E-state index contributed by atoms with van der Waals surface area (Å²) in [5.41, 5.74) is 1.04. The minimum Gasteiger partial charge on any atom is -0.258 e. The van der Waals surface area contributed by atoms with E-state index >= 15 is 0 Å². The Morgan fingerprint density at radius 2 is 2.33 bits per heavy atom. The Bertz CT molecular complexity index is 203. The molecule has 3 nitrogen and oxygen atoms in total. The minimum absolute atomic E-state index is 0.259. The molecule has 0 saturated heterocycles. The SMILES string of the molecule is CC1=CCC=C1[N+](=O)[O-]. The van der Waals surface area contributed by atoms with Crippen molar-refractivity contribution in [3.8, 4) is 0 Å². The van der Waals surface area contributed by atoms with E-state index < -0.39 is 0 Å². The van der Waals surface area contributed by atoms with E-state index in [0.717, 1.165) is 5.57 Å². The fraction of sp³-hybridized carbons (Fsp3) is 0.333. The minimum atomic E-state index is -0.348. The molecule has 0 radical (unpaired) electrons. The van der Waals surface area contributed by atoms with Crippen LogP contribution in [0.4, 0.5) is 0 Å². The van der Waals surface area contributed by atoms with Crippen LogP contribution in [-0.4, -0.2) is 4.92 Å². The van der Waals surface area contributed by atoms with E-state index in [4.69, 9.17) is 0 Å². The molecule has 1 aliphatic carbocycles. The van der Waals surface area contributed by atoms with Crippen LogP contribution in [0.2, 0.25) is 0 Å². The van der Waals surface area contributed by atoms with Crippen LogP contribution in [-0.2, 0) is 0 Å². The van der Waals surface area contributed by atoms with Gasteiger partial charge in [-0.2, -0.15) is 0 Å². The molecule has 9 heavy (non-hydrogen) atoms. The maximum Gasteiger partial charge on any atom is 0.268 e. The Labute approximate surface area is 52.8 Å². The zero-order chi connectivity index (χ0) is 6.85. The first-order valence-electron chi connectivity index (χ1n) is 2.73. The molecule has 0 heterocycles. The number of rotatable bonds is 1. The third-order valence-electron chi connectivity index (χ3n) is 1.34. The van der Waals surface area contributed by atoms with Gasteiger partial charge in [0.1, 0.15) is 0 Å². The van der Waals surface area contributed by atoms with Crippen LogP contribution in [0.15, 0.2) is 23.4 Å². The van der Waals surface area contributed by atoms with Gasteiger partial charge >= 0.3 is 0 Å². The van der Waals surface area contributed by atoms with Gasteiger partial charge in [-0.05, 0) is 19.4 Å². The summed E-state index contributed by atoms with van der Waals surface area (Å²) in [6, 6.07) is 0. The van der Waals surface area contributed by atoms with Crippen LogP contribution in [0.5, 0.6) is 0 Å². The van der Waals surface area contributed by atoms with Gasteiger partial charge in [0.25, 0.3) is 5.70 Å². The van der Waals surface area contributed by atoms with Gasteiger partial charge in [-0.25, -0.2) is 0 Å². The maximum atomic E-state index is 10.1. The molecule has 0 atom stereocenters. The molecule has 0 aromatic carbocycles. The van der Waals surface area contributed by atoms with E-state index in [1.54, 1.807) is 13.0 Å². The lowest BCUT2D eigenvalue weighted by molar-refractivity contribution is -0.420. The van der Waals surface area contributed by atoms with Crippen LogP contribution in [0.3, 0.4) is 0 Å². The van der Waals surface area contributed by atoms with Crippen molar-refractivity contribution in [3.63, 3.8) is 0 Å². The highest BCUT2D eigenvalue weighted by Gasteiger charge is 2.15. The monoisotopic (exact) mass is 125 g/mol. The molecule has 48 valence electrons. The molecule has 0 N–H and O–H groups in total. The molecule has 1 aliphatic rings. The molecule has 0 aromatic rings. The van der Waals surface area contributed by atoms with Crippen molar-refractivity contribution in [1.82, 2.24) is 0 Å². The van der Waals surface area contributed by atoms with Gasteiger partial charge < -0.3 is 0 Å². The molecule has 0 aromatic heterocycles. The van der Waals surface area contributed by atoms with Gasteiger partial charge in [-0.3, -0.25) is 10.1 Å². The van der Waals surface area contributed by atoms with Gasteiger partial charge in [0.05, 0.1) is 4.92 Å². The molecule has 1 rings (SSSR count). The molecule has 0 aliphatic heterocycles. The summed E-state index contributed by atoms with van der Waals surface area (Å²) in [5.74, 6) is 0. The predicted molar refractivity (Wildman–Crippen MR) is 33.5 cm³/mol. The highest BCUT2D eigenvalue weighted by molar-refractivity contribution is 5.29. The molecule has 3 heteroatoms. The van der Waals surface area contributed by atoms with Crippen molar-refractivity contribution in [2.75, 3.05) is 0 Å². The Morgan fingerprint density at radius 1 is 1.67 bits per heavy atom. The third-order valence-corrected chi connectivity index (χ3v) is 1.34. The van der Waals surface area contributed by atoms with Crippen molar-refractivity contribution < 1.29 is 4.92 Å². The average molecular weight is 125 g/mol. The van der Waals surface area contributed by atoms with Gasteiger partial charge in [0, 0.05) is 5.57 Å². The summed E-state index contributed by atoms with van der Waals surface area (Å²) < 4.78 is 0. The molecular formula is C6H7NO2. The summed E-state index contributed by atoms with van der Waals surface area (Å²) in [4.78, 5) is 9.76. The van der Waals surface area contributed by atoms with E-state index in [0.29, 0.717) is 6.42 Å². The second-order valence-electron chi connectivity index (χ2n) is 1.97. The molecule has 0 fully saturated rings. The Morgan fingerprint density at radius 3 is 2.56 bits per heavy atom. The normalized spacial score (nSPS) is 17.0. The lowest BCUT2D eigenvalue weighted by Crippen LogP contribution is -1.96. The highest BCUT2D eigenvalue weighted by Crippen LogP contribution is 2.17. The van der Waals surface area contributed by atoms with Crippen molar-refractivity contribution in [2.24, 2.45) is 0 Å². The zero-order valence-electron chi connectivity index (χ0n) is 5.13. The lowest BCUT2D eigenvalue weighted by Gasteiger charge is -1.88. The van der Waals surface area contributed by atoms with Crippen molar-refractivity contribution in [2.45, 2.75) is 13.3 Å². The number of hydrogen-bond donors (Lipinski definition) is 0. The number of nitro groups is 1. The molecule has 0 bridgehead atoms. The Balaban J connectivity index is 2.84. The van der Waals surface area contributed by atoms with Crippen molar-refractivity contribution >= 4 is 0 Å². The summed E-state index contributed by atoms with van der Waals surface area (Å²) in [5, 5.41) is 10.1. The first kappa shape index (κ1) is 6.01. The predicted octanol–water partition coefficient (Wildman–Crippen LogP) is 1.50. The first-order valence-corrected chi connectivity index (χ1v) is 2.73. The average Bonchev–Trinajstić information content (AvgIpc) is 2.13. The van der Waals surface area contributed by atoms with Gasteiger partial charge in [-0.15, -0.1) is 0 Å². The molecule has 0 spiro atoms. The number of allylic oxidation sites excluding steroid dienone is 3. The van der Waals surface area contributed by atoms with E-state index in [9.17, 15) is 10.1 Å². The Hall–Kier alpha value is -1.12. The maximum absolute atomic E-state index is 10.1. The number of nitrogens with zero attached hydrogens (tertiary/aromatic N) is 1. The summed E-state index contributed by atoms with van der Waals surface area (Å²) in [6.07, 6.45) is 4.18. The van der Waals surface area contributed by atoms with E-state index in [1.807, 2.05) is 6.08 Å². The third kappa shape index (κ3) is 0.988. The largest absolute Gasteiger partial charge is 0.268 e. The smallest absolute Gasteiger partial charge is 0.258 e. The standard InChI is InChI=1S/C6H7NO2/c1-5-3-2-4-6(5)7(8)9/h3-4H,2H2,1H3. The molecule has 0 unspecified atom stereocenters. The molecular weight excluding hydrogens is 118 g/mol. The summed E-state index contributed by atoms with van der Waals surface area (Å²) >= 11 is 0. The summed E-state index contributed by atoms with van der Waals surface area (Å²) in [6.45, 7) is 1.75. The second kappa shape index (κ2) is 2.01. The van der Waals surface area contributed by atoms with Crippen LogP contribution in [0, 0.1) is 10.1 Å². The fourth-order valence-corrected chi connectivity index (χ4v) is 0.831. The quantitative estimate of drug-likeness (QED) is 0.393. The number of hydrogen-bond acceptors (Lipinski definition) is 2. The van der Waals surface area contributed by atoms with Gasteiger partial charge in [-0.1, -0.05) is 6.08 Å². The van der Waals surface area contributed by atoms with Crippen LogP contribution in [0.1, 0.15) is 13.3 Å². The highest BCUT2D eigenvalue weighted by atomic mass is 16.6. The molecule has 0 saturated carbocycles. The van der Waals surface area contributed by atoms with Crippen molar-refractivity contribution in [3.05, 3.63) is 33.5 Å². The van der Waals surface area contributed by atoms with Crippen LogP contribution in [0.25, 0.3) is 0 Å². The van der Waals surface area contributed by atoms with E-state index in [2.05, 4.69) is 0 Å². The van der Waals surface area contributed by atoms with Crippen molar-refractivity contribution in [1.29, 1.82) is 0 Å². The van der Waals surface area contributed by atoms with Gasteiger partial charge in [0.15, 0.2) is 0 Å². The molecule has 0 amide bonds. The second-order valence-corrected chi connectivity index (χ2v) is 1.97. The van der Waals surface area contributed by atoms with E-state index in [-0.39, 0.29) is 10.6 Å². The topological polar surface area (TPSA) is 43.1 Å². The Kier molecular flexibility index (Phi) is 1.34. The lowest BCUT2D eigenvalue weighted by atomic mass is 10.3. The van der Waals surface area contributed by atoms with E-state index in [1.165, 1.54) is 0 Å². The van der Waals surface area contributed by atoms with Crippen LogP contribution < -0.4 is 0 Å². The van der Waals surface area contributed by atoms with Crippen LogP contribution >= 0.6 is 0 Å². The van der Waals surface area contributed by atoms with Gasteiger partial charge in [0.2, 0.25) is 0 Å².